The van der Waals surface area contributed by atoms with Gasteiger partial charge in [-0.2, -0.15) is 0 Å². The molecule has 1 heterocycles. The number of halogens is 1. The van der Waals surface area contributed by atoms with E-state index in [0.29, 0.717) is 23.9 Å². The van der Waals surface area contributed by atoms with Crippen molar-refractivity contribution in [2.75, 3.05) is 56.7 Å². The summed E-state index contributed by atoms with van der Waals surface area (Å²) in [6.45, 7) is 7.14. The van der Waals surface area contributed by atoms with Crippen LogP contribution >= 0.6 is 11.6 Å². The fourth-order valence-corrected chi connectivity index (χ4v) is 3.51. The average molecular weight is 428 g/mol. The maximum Gasteiger partial charge on any atom is 0.321 e. The van der Waals surface area contributed by atoms with E-state index < -0.39 is 6.10 Å². The average Bonchev–Trinajstić information content (AvgIpc) is 2.68. The van der Waals surface area contributed by atoms with Crippen LogP contribution in [-0.2, 0) is 9.47 Å². The van der Waals surface area contributed by atoms with Gasteiger partial charge < -0.3 is 29.7 Å². The Labute approximate surface area is 178 Å². The van der Waals surface area contributed by atoms with Crippen LogP contribution < -0.4 is 10.2 Å². The second-order valence-corrected chi connectivity index (χ2v) is 8.08. The van der Waals surface area contributed by atoms with Gasteiger partial charge in [0.2, 0.25) is 0 Å². The molecule has 29 heavy (non-hydrogen) atoms. The number of ether oxygens (including phenoxy) is 2. The lowest BCUT2D eigenvalue weighted by Gasteiger charge is -2.29. The van der Waals surface area contributed by atoms with Gasteiger partial charge in [0.05, 0.1) is 49.3 Å². The Balaban J connectivity index is 1.76. The van der Waals surface area contributed by atoms with Gasteiger partial charge in [0.15, 0.2) is 0 Å². The lowest BCUT2D eigenvalue weighted by molar-refractivity contribution is -0.0144. The van der Waals surface area contributed by atoms with Gasteiger partial charge in [-0.3, -0.25) is 0 Å². The van der Waals surface area contributed by atoms with Crippen molar-refractivity contribution < 1.29 is 19.4 Å². The SMILES string of the molecule is CC(C)OCCOCC(O)CN(C)C(=O)Nc1ccc(N2CCCCC2)c(Cl)c1. The van der Waals surface area contributed by atoms with Gasteiger partial charge in [0, 0.05) is 25.8 Å². The van der Waals surface area contributed by atoms with Crippen LogP contribution in [0, 0.1) is 0 Å². The third-order valence-electron chi connectivity index (χ3n) is 4.72. The number of hydrogen-bond donors (Lipinski definition) is 2. The molecule has 0 aromatic heterocycles. The van der Waals surface area contributed by atoms with Crippen molar-refractivity contribution in [3.63, 3.8) is 0 Å². The molecule has 7 nitrogen and oxygen atoms in total. The van der Waals surface area contributed by atoms with Gasteiger partial charge in [-0.05, 0) is 51.3 Å². The largest absolute Gasteiger partial charge is 0.389 e. The van der Waals surface area contributed by atoms with E-state index in [1.807, 2.05) is 26.0 Å². The maximum atomic E-state index is 12.4. The zero-order valence-corrected chi connectivity index (χ0v) is 18.5. The zero-order valence-electron chi connectivity index (χ0n) is 17.7. The molecule has 0 aliphatic carbocycles. The highest BCUT2D eigenvalue weighted by molar-refractivity contribution is 6.33. The number of likely N-dealkylation sites (N-methyl/N-ethyl adjacent to an activating group) is 1. The molecule has 0 saturated carbocycles. The van der Waals surface area contributed by atoms with Gasteiger partial charge in [0.25, 0.3) is 0 Å². The van der Waals surface area contributed by atoms with Crippen molar-refractivity contribution in [3.05, 3.63) is 23.2 Å². The molecule has 8 heteroatoms. The molecule has 1 saturated heterocycles. The molecule has 1 aromatic rings. The number of rotatable bonds is 10. The number of piperidine rings is 1. The Bertz CT molecular complexity index is 638. The summed E-state index contributed by atoms with van der Waals surface area (Å²) in [7, 11) is 1.63. The third-order valence-corrected chi connectivity index (χ3v) is 5.02. The first-order valence-electron chi connectivity index (χ1n) is 10.3. The van der Waals surface area contributed by atoms with Crippen molar-refractivity contribution >= 4 is 29.0 Å². The summed E-state index contributed by atoms with van der Waals surface area (Å²) in [6.07, 6.45) is 3.00. The molecule has 1 atom stereocenters. The van der Waals surface area contributed by atoms with Crippen molar-refractivity contribution in [1.29, 1.82) is 0 Å². The van der Waals surface area contributed by atoms with Gasteiger partial charge in [-0.25, -0.2) is 4.79 Å². The van der Waals surface area contributed by atoms with Crippen molar-refractivity contribution in [3.8, 4) is 0 Å². The highest BCUT2D eigenvalue weighted by atomic mass is 35.5. The smallest absolute Gasteiger partial charge is 0.321 e. The second-order valence-electron chi connectivity index (χ2n) is 7.67. The van der Waals surface area contributed by atoms with E-state index in [9.17, 15) is 9.90 Å². The molecular weight excluding hydrogens is 394 g/mol. The van der Waals surface area contributed by atoms with Gasteiger partial charge in [-0.15, -0.1) is 0 Å². The number of urea groups is 1. The predicted molar refractivity (Wildman–Crippen MR) is 117 cm³/mol. The van der Waals surface area contributed by atoms with Gasteiger partial charge in [0.1, 0.15) is 0 Å². The molecule has 2 rings (SSSR count). The van der Waals surface area contributed by atoms with E-state index in [0.717, 1.165) is 18.8 Å². The van der Waals surface area contributed by atoms with E-state index in [2.05, 4.69) is 10.2 Å². The quantitative estimate of drug-likeness (QED) is 0.558. The molecule has 1 unspecified atom stereocenters. The van der Waals surface area contributed by atoms with Gasteiger partial charge in [-0.1, -0.05) is 11.6 Å². The van der Waals surface area contributed by atoms with E-state index in [1.54, 1.807) is 13.1 Å². The molecular formula is C21H34ClN3O4. The number of aliphatic hydroxyl groups excluding tert-OH is 1. The Morgan fingerprint density at radius 3 is 2.66 bits per heavy atom. The van der Waals surface area contributed by atoms with Gasteiger partial charge >= 0.3 is 6.03 Å². The topological polar surface area (TPSA) is 74.3 Å². The molecule has 1 aliphatic rings. The normalized spacial score (nSPS) is 15.4. The minimum Gasteiger partial charge on any atom is -0.389 e. The Kier molecular flexibility index (Phi) is 10.0. The Morgan fingerprint density at radius 2 is 2.00 bits per heavy atom. The van der Waals surface area contributed by atoms with Crippen LogP contribution in [0.5, 0.6) is 0 Å². The molecule has 2 amide bonds. The third kappa shape index (κ3) is 8.38. The number of nitrogens with one attached hydrogen (secondary N) is 1. The first-order chi connectivity index (χ1) is 13.9. The summed E-state index contributed by atoms with van der Waals surface area (Å²) in [6, 6.07) is 5.26. The minimum atomic E-state index is -0.769. The van der Waals surface area contributed by atoms with Crippen LogP contribution in [0.4, 0.5) is 16.2 Å². The highest BCUT2D eigenvalue weighted by Gasteiger charge is 2.17. The number of aliphatic hydroxyl groups is 1. The molecule has 0 spiro atoms. The number of carbonyl (C=O) groups is 1. The predicted octanol–water partition coefficient (Wildman–Crippen LogP) is 3.60. The molecule has 164 valence electrons. The number of anilines is 2. The molecule has 0 radical (unpaired) electrons. The number of nitrogens with zero attached hydrogens (tertiary/aromatic N) is 2. The number of carbonyl (C=O) groups excluding carboxylic acids is 1. The highest BCUT2D eigenvalue weighted by Crippen LogP contribution is 2.30. The van der Waals surface area contributed by atoms with E-state index in [1.165, 1.54) is 24.2 Å². The maximum absolute atomic E-state index is 12.4. The second kappa shape index (κ2) is 12.2. The van der Waals surface area contributed by atoms with Crippen LogP contribution in [0.1, 0.15) is 33.1 Å². The summed E-state index contributed by atoms with van der Waals surface area (Å²) >= 11 is 6.44. The van der Waals surface area contributed by atoms with Crippen molar-refractivity contribution in [2.24, 2.45) is 0 Å². The van der Waals surface area contributed by atoms with E-state index >= 15 is 0 Å². The number of hydrogen-bond acceptors (Lipinski definition) is 5. The number of benzene rings is 1. The number of amides is 2. The van der Waals surface area contributed by atoms with E-state index in [-0.39, 0.29) is 25.3 Å². The van der Waals surface area contributed by atoms with Crippen LogP contribution in [-0.4, -0.2) is 74.7 Å². The molecule has 1 aliphatic heterocycles. The van der Waals surface area contributed by atoms with E-state index in [4.69, 9.17) is 21.1 Å². The van der Waals surface area contributed by atoms with Crippen molar-refractivity contribution in [1.82, 2.24) is 4.90 Å². The Morgan fingerprint density at radius 1 is 1.28 bits per heavy atom. The standard InChI is InChI=1S/C21H34ClN3O4/c1-16(2)29-12-11-28-15-18(26)14-24(3)21(27)23-17-7-8-20(19(22)13-17)25-9-5-4-6-10-25/h7-8,13,16,18,26H,4-6,9-12,14-15H2,1-3H3,(H,23,27). The molecule has 1 aromatic carbocycles. The lowest BCUT2D eigenvalue weighted by Crippen LogP contribution is -2.39. The lowest BCUT2D eigenvalue weighted by atomic mass is 10.1. The molecule has 0 bridgehead atoms. The summed E-state index contributed by atoms with van der Waals surface area (Å²) in [5.41, 5.74) is 1.64. The van der Waals surface area contributed by atoms with Crippen LogP contribution in [0.25, 0.3) is 0 Å². The van der Waals surface area contributed by atoms with Crippen LogP contribution in [0.3, 0.4) is 0 Å². The summed E-state index contributed by atoms with van der Waals surface area (Å²) in [4.78, 5) is 16.1. The first-order valence-corrected chi connectivity index (χ1v) is 10.7. The fraction of sp³-hybridized carbons (Fsp3) is 0.667. The summed E-state index contributed by atoms with van der Waals surface area (Å²) in [5, 5.41) is 13.5. The van der Waals surface area contributed by atoms with Crippen molar-refractivity contribution in [2.45, 2.75) is 45.3 Å². The molecule has 2 N–H and O–H groups in total. The fourth-order valence-electron chi connectivity index (χ4n) is 3.21. The Hall–Kier alpha value is -1.54. The first kappa shape index (κ1) is 23.7. The molecule has 1 fully saturated rings. The van der Waals surface area contributed by atoms with Crippen LogP contribution in [0.2, 0.25) is 5.02 Å². The van der Waals surface area contributed by atoms with Crippen LogP contribution in [0.15, 0.2) is 18.2 Å². The zero-order chi connectivity index (χ0) is 21.2. The monoisotopic (exact) mass is 427 g/mol. The summed E-state index contributed by atoms with van der Waals surface area (Å²) < 4.78 is 10.7. The minimum absolute atomic E-state index is 0.148. The summed E-state index contributed by atoms with van der Waals surface area (Å²) in [5.74, 6) is 0.